The minimum absolute atomic E-state index is 0.100. The number of hydrogen-bond donors (Lipinski definition) is 1. The molecule has 0 unspecified atom stereocenters. The van der Waals surface area contributed by atoms with Gasteiger partial charge in [-0.3, -0.25) is 4.79 Å². The SMILES string of the molecule is COc1ccc(CCC(=O)NC2(CCl)CCCC2)cc1. The summed E-state index contributed by atoms with van der Waals surface area (Å²) in [5, 5.41) is 3.14. The minimum atomic E-state index is -0.154. The molecule has 0 heterocycles. The van der Waals surface area contributed by atoms with E-state index in [1.807, 2.05) is 24.3 Å². The number of aryl methyl sites for hydroxylation is 1. The van der Waals surface area contributed by atoms with Gasteiger partial charge in [0, 0.05) is 12.3 Å². The summed E-state index contributed by atoms with van der Waals surface area (Å²) in [5.74, 6) is 1.45. The summed E-state index contributed by atoms with van der Waals surface area (Å²) in [6, 6.07) is 7.84. The number of ether oxygens (including phenoxy) is 1. The van der Waals surface area contributed by atoms with E-state index in [-0.39, 0.29) is 11.4 Å². The van der Waals surface area contributed by atoms with Crippen molar-refractivity contribution in [3.63, 3.8) is 0 Å². The van der Waals surface area contributed by atoms with Gasteiger partial charge in [0.2, 0.25) is 5.91 Å². The Hall–Kier alpha value is -1.22. The number of rotatable bonds is 6. The summed E-state index contributed by atoms with van der Waals surface area (Å²) in [5.41, 5.74) is 0.991. The molecule has 1 N–H and O–H groups in total. The number of amides is 1. The number of carbonyl (C=O) groups is 1. The Kier molecular flexibility index (Phi) is 5.30. The maximum Gasteiger partial charge on any atom is 0.220 e. The van der Waals surface area contributed by atoms with Gasteiger partial charge >= 0.3 is 0 Å². The van der Waals surface area contributed by atoms with E-state index < -0.39 is 0 Å². The first-order valence-electron chi connectivity index (χ1n) is 7.17. The van der Waals surface area contributed by atoms with Crippen molar-refractivity contribution < 1.29 is 9.53 Å². The molecule has 0 bridgehead atoms. The van der Waals surface area contributed by atoms with Crippen LogP contribution in [0.3, 0.4) is 0 Å². The van der Waals surface area contributed by atoms with Crippen molar-refractivity contribution >= 4 is 17.5 Å². The molecule has 1 saturated carbocycles. The van der Waals surface area contributed by atoms with Crippen LogP contribution in [0.5, 0.6) is 5.75 Å². The van der Waals surface area contributed by atoms with E-state index in [0.717, 1.165) is 43.4 Å². The summed E-state index contributed by atoms with van der Waals surface area (Å²) in [7, 11) is 1.65. The number of benzene rings is 1. The summed E-state index contributed by atoms with van der Waals surface area (Å²) >= 11 is 6.03. The molecule has 2 rings (SSSR count). The number of methoxy groups -OCH3 is 1. The van der Waals surface area contributed by atoms with Crippen molar-refractivity contribution in [3.05, 3.63) is 29.8 Å². The molecule has 0 spiro atoms. The third-order valence-corrected chi connectivity index (χ3v) is 4.53. The second kappa shape index (κ2) is 6.98. The van der Waals surface area contributed by atoms with Crippen molar-refractivity contribution in [2.24, 2.45) is 0 Å². The van der Waals surface area contributed by atoms with Gasteiger partial charge in [-0.25, -0.2) is 0 Å². The smallest absolute Gasteiger partial charge is 0.220 e. The number of alkyl halides is 1. The molecule has 1 amide bonds. The second-order valence-electron chi connectivity index (χ2n) is 5.52. The fourth-order valence-corrected chi connectivity index (χ4v) is 3.09. The van der Waals surface area contributed by atoms with Gasteiger partial charge in [-0.15, -0.1) is 11.6 Å². The van der Waals surface area contributed by atoms with Gasteiger partial charge < -0.3 is 10.1 Å². The van der Waals surface area contributed by atoms with Gasteiger partial charge in [0.1, 0.15) is 5.75 Å². The molecule has 1 aliphatic rings. The molecule has 1 aromatic rings. The molecule has 0 saturated heterocycles. The Balaban J connectivity index is 1.82. The lowest BCUT2D eigenvalue weighted by Gasteiger charge is -2.27. The van der Waals surface area contributed by atoms with Crippen LogP contribution in [0.25, 0.3) is 0 Å². The molecule has 0 aliphatic heterocycles. The zero-order valence-corrected chi connectivity index (χ0v) is 12.7. The maximum absolute atomic E-state index is 12.1. The third-order valence-electron chi connectivity index (χ3n) is 4.02. The van der Waals surface area contributed by atoms with Crippen molar-refractivity contribution in [1.82, 2.24) is 5.32 Å². The van der Waals surface area contributed by atoms with Crippen LogP contribution in [0.4, 0.5) is 0 Å². The van der Waals surface area contributed by atoms with E-state index >= 15 is 0 Å². The van der Waals surface area contributed by atoms with E-state index in [4.69, 9.17) is 16.3 Å². The molecule has 110 valence electrons. The summed E-state index contributed by atoms with van der Waals surface area (Å²) < 4.78 is 5.12. The Labute approximate surface area is 125 Å². The zero-order valence-electron chi connectivity index (χ0n) is 12.0. The lowest BCUT2D eigenvalue weighted by atomic mass is 9.99. The average Bonchev–Trinajstić information content (AvgIpc) is 2.95. The maximum atomic E-state index is 12.1. The predicted molar refractivity (Wildman–Crippen MR) is 81.4 cm³/mol. The Bertz CT molecular complexity index is 438. The first-order chi connectivity index (χ1) is 9.67. The highest BCUT2D eigenvalue weighted by atomic mass is 35.5. The Morgan fingerprint density at radius 2 is 1.95 bits per heavy atom. The van der Waals surface area contributed by atoms with Gasteiger partial charge in [0.15, 0.2) is 0 Å². The van der Waals surface area contributed by atoms with Gasteiger partial charge in [-0.05, 0) is 37.0 Å². The van der Waals surface area contributed by atoms with Gasteiger partial charge in [-0.1, -0.05) is 25.0 Å². The molecule has 1 aromatic carbocycles. The van der Waals surface area contributed by atoms with Crippen molar-refractivity contribution in [2.45, 2.75) is 44.1 Å². The van der Waals surface area contributed by atoms with Crippen molar-refractivity contribution in [2.75, 3.05) is 13.0 Å². The number of carbonyl (C=O) groups excluding carboxylic acids is 1. The van der Waals surface area contributed by atoms with Crippen LogP contribution in [0.1, 0.15) is 37.7 Å². The van der Waals surface area contributed by atoms with Crippen LogP contribution in [-0.4, -0.2) is 24.4 Å². The van der Waals surface area contributed by atoms with Crippen LogP contribution in [-0.2, 0) is 11.2 Å². The normalized spacial score (nSPS) is 16.9. The molecule has 4 heteroatoms. The monoisotopic (exact) mass is 295 g/mol. The summed E-state index contributed by atoms with van der Waals surface area (Å²) in [4.78, 5) is 12.1. The molecule has 0 radical (unpaired) electrons. The first-order valence-corrected chi connectivity index (χ1v) is 7.71. The summed E-state index contributed by atoms with van der Waals surface area (Å²) in [6.45, 7) is 0. The van der Waals surface area contributed by atoms with E-state index in [2.05, 4.69) is 5.32 Å². The lowest BCUT2D eigenvalue weighted by molar-refractivity contribution is -0.122. The fourth-order valence-electron chi connectivity index (χ4n) is 2.75. The largest absolute Gasteiger partial charge is 0.497 e. The van der Waals surface area contributed by atoms with Crippen LogP contribution in [0.2, 0.25) is 0 Å². The van der Waals surface area contributed by atoms with Gasteiger partial charge in [0.25, 0.3) is 0 Å². The number of halogens is 1. The van der Waals surface area contributed by atoms with E-state index in [0.29, 0.717) is 12.3 Å². The second-order valence-corrected chi connectivity index (χ2v) is 5.78. The fraction of sp³-hybridized carbons (Fsp3) is 0.562. The van der Waals surface area contributed by atoms with E-state index in [9.17, 15) is 4.79 Å². The number of hydrogen-bond acceptors (Lipinski definition) is 2. The Morgan fingerprint density at radius 1 is 1.30 bits per heavy atom. The molecule has 1 aliphatic carbocycles. The molecular formula is C16H22ClNO2. The zero-order chi connectivity index (χ0) is 14.4. The molecular weight excluding hydrogens is 274 g/mol. The Morgan fingerprint density at radius 3 is 2.50 bits per heavy atom. The van der Waals surface area contributed by atoms with Crippen LogP contribution < -0.4 is 10.1 Å². The van der Waals surface area contributed by atoms with E-state index in [1.165, 1.54) is 0 Å². The molecule has 0 aromatic heterocycles. The minimum Gasteiger partial charge on any atom is -0.497 e. The predicted octanol–water partition coefficient (Wildman–Crippen LogP) is 3.30. The molecule has 1 fully saturated rings. The van der Waals surface area contributed by atoms with E-state index in [1.54, 1.807) is 7.11 Å². The quantitative estimate of drug-likeness (QED) is 0.818. The highest BCUT2D eigenvalue weighted by Gasteiger charge is 2.34. The molecule has 20 heavy (non-hydrogen) atoms. The van der Waals surface area contributed by atoms with Crippen molar-refractivity contribution in [1.29, 1.82) is 0 Å². The average molecular weight is 296 g/mol. The van der Waals surface area contributed by atoms with Crippen molar-refractivity contribution in [3.8, 4) is 5.75 Å². The standard InChI is InChI=1S/C16H22ClNO2/c1-20-14-7-4-13(5-8-14)6-9-15(19)18-16(12-17)10-2-3-11-16/h4-5,7-8H,2-3,6,9-12H2,1H3,(H,18,19). The highest BCUT2D eigenvalue weighted by Crippen LogP contribution is 2.30. The lowest BCUT2D eigenvalue weighted by Crippen LogP contribution is -2.47. The van der Waals surface area contributed by atoms with Gasteiger partial charge in [0.05, 0.1) is 12.6 Å². The topological polar surface area (TPSA) is 38.3 Å². The molecule has 0 atom stereocenters. The first kappa shape index (κ1) is 15.2. The summed E-state index contributed by atoms with van der Waals surface area (Å²) in [6.07, 6.45) is 5.58. The van der Waals surface area contributed by atoms with Gasteiger partial charge in [-0.2, -0.15) is 0 Å². The third kappa shape index (κ3) is 3.89. The number of nitrogens with one attached hydrogen (secondary N) is 1. The van der Waals surface area contributed by atoms with Crippen LogP contribution in [0, 0.1) is 0 Å². The van der Waals surface area contributed by atoms with Crippen LogP contribution in [0.15, 0.2) is 24.3 Å². The van der Waals surface area contributed by atoms with Crippen LogP contribution >= 0.6 is 11.6 Å². The molecule has 3 nitrogen and oxygen atoms in total. The highest BCUT2D eigenvalue weighted by molar-refractivity contribution is 6.18.